The van der Waals surface area contributed by atoms with Crippen molar-refractivity contribution in [1.82, 2.24) is 4.90 Å². The van der Waals surface area contributed by atoms with Crippen LogP contribution >= 0.6 is 0 Å². The first kappa shape index (κ1) is 12.9. The molecule has 3 nitrogen and oxygen atoms in total. The van der Waals surface area contributed by atoms with Crippen LogP contribution in [0.1, 0.15) is 33.1 Å². The van der Waals surface area contributed by atoms with E-state index in [1.54, 1.807) is 0 Å². The van der Waals surface area contributed by atoms with Crippen LogP contribution in [-0.2, 0) is 4.74 Å². The molecule has 3 atom stereocenters. The highest BCUT2D eigenvalue weighted by Crippen LogP contribution is 2.15. The van der Waals surface area contributed by atoms with Gasteiger partial charge in [-0.2, -0.15) is 0 Å². The fraction of sp³-hybridized carbons (Fsp3) is 1.00. The molecule has 1 saturated heterocycles. The second-order valence-electron chi connectivity index (χ2n) is 4.86. The van der Waals surface area contributed by atoms with E-state index in [1.165, 1.54) is 12.8 Å². The van der Waals surface area contributed by atoms with Crippen LogP contribution in [0.15, 0.2) is 0 Å². The molecule has 0 spiro atoms. The minimum atomic E-state index is 0.329. The fourth-order valence-corrected chi connectivity index (χ4v) is 2.19. The van der Waals surface area contributed by atoms with Crippen LogP contribution < -0.4 is 5.73 Å². The molecule has 0 aromatic carbocycles. The van der Waals surface area contributed by atoms with Crippen molar-refractivity contribution in [2.45, 2.75) is 45.2 Å². The molecule has 3 heteroatoms. The van der Waals surface area contributed by atoms with E-state index in [9.17, 15) is 0 Å². The van der Waals surface area contributed by atoms with Gasteiger partial charge in [0.2, 0.25) is 0 Å². The summed E-state index contributed by atoms with van der Waals surface area (Å²) in [7, 11) is 2.20. The van der Waals surface area contributed by atoms with Gasteiger partial charge in [0.25, 0.3) is 0 Å². The lowest BCUT2D eigenvalue weighted by atomic mass is 9.95. The number of nitrogens with zero attached hydrogens (tertiary/aromatic N) is 1. The van der Waals surface area contributed by atoms with Crippen molar-refractivity contribution in [3.8, 4) is 0 Å². The zero-order valence-corrected chi connectivity index (χ0v) is 10.4. The Morgan fingerprint density at radius 1 is 1.53 bits per heavy atom. The van der Waals surface area contributed by atoms with Crippen molar-refractivity contribution in [3.63, 3.8) is 0 Å². The van der Waals surface area contributed by atoms with E-state index in [0.717, 1.165) is 26.2 Å². The molecule has 1 rings (SSSR count). The summed E-state index contributed by atoms with van der Waals surface area (Å²) in [5, 5.41) is 0. The van der Waals surface area contributed by atoms with Crippen molar-refractivity contribution in [2.24, 2.45) is 11.7 Å². The summed E-state index contributed by atoms with van der Waals surface area (Å²) in [5.74, 6) is 0.517. The van der Waals surface area contributed by atoms with Crippen molar-refractivity contribution in [1.29, 1.82) is 0 Å². The van der Waals surface area contributed by atoms with Gasteiger partial charge in [-0.1, -0.05) is 13.3 Å². The first-order valence-corrected chi connectivity index (χ1v) is 6.18. The van der Waals surface area contributed by atoms with Gasteiger partial charge in [-0.05, 0) is 26.8 Å². The van der Waals surface area contributed by atoms with Crippen LogP contribution in [0.3, 0.4) is 0 Å². The van der Waals surface area contributed by atoms with E-state index in [1.807, 2.05) is 0 Å². The van der Waals surface area contributed by atoms with Crippen molar-refractivity contribution in [3.05, 3.63) is 0 Å². The van der Waals surface area contributed by atoms with Gasteiger partial charge in [-0.3, -0.25) is 0 Å². The fourth-order valence-electron chi connectivity index (χ4n) is 2.19. The summed E-state index contributed by atoms with van der Waals surface area (Å²) >= 11 is 0. The van der Waals surface area contributed by atoms with Gasteiger partial charge in [-0.15, -0.1) is 0 Å². The third-order valence-electron chi connectivity index (χ3n) is 3.51. The SMILES string of the molecule is CCCC(C)N(C)CC1COCCC1N. The van der Waals surface area contributed by atoms with Crippen molar-refractivity contribution in [2.75, 3.05) is 26.8 Å². The summed E-state index contributed by atoms with van der Waals surface area (Å²) in [6.07, 6.45) is 3.53. The lowest BCUT2D eigenvalue weighted by molar-refractivity contribution is 0.0244. The van der Waals surface area contributed by atoms with Gasteiger partial charge in [0, 0.05) is 31.2 Å². The largest absolute Gasteiger partial charge is 0.381 e. The number of nitrogens with two attached hydrogens (primary N) is 1. The van der Waals surface area contributed by atoms with Gasteiger partial charge in [0.1, 0.15) is 0 Å². The van der Waals surface area contributed by atoms with Gasteiger partial charge in [0.05, 0.1) is 6.61 Å². The Morgan fingerprint density at radius 2 is 2.27 bits per heavy atom. The van der Waals surface area contributed by atoms with Crippen LogP contribution in [0.25, 0.3) is 0 Å². The maximum Gasteiger partial charge on any atom is 0.0521 e. The molecule has 1 aliphatic rings. The monoisotopic (exact) mass is 214 g/mol. The van der Waals surface area contributed by atoms with Crippen LogP contribution in [0.2, 0.25) is 0 Å². The molecular weight excluding hydrogens is 188 g/mol. The van der Waals surface area contributed by atoms with Crippen LogP contribution in [0.4, 0.5) is 0 Å². The highest BCUT2D eigenvalue weighted by Gasteiger charge is 2.24. The summed E-state index contributed by atoms with van der Waals surface area (Å²) in [6, 6.07) is 0.985. The lowest BCUT2D eigenvalue weighted by Gasteiger charge is -2.34. The smallest absolute Gasteiger partial charge is 0.0521 e. The third kappa shape index (κ3) is 4.09. The number of hydrogen-bond donors (Lipinski definition) is 1. The molecule has 0 aromatic heterocycles. The van der Waals surface area contributed by atoms with Gasteiger partial charge >= 0.3 is 0 Å². The first-order chi connectivity index (χ1) is 7.15. The average Bonchev–Trinajstić information content (AvgIpc) is 2.21. The Balaban J connectivity index is 2.32. The molecular formula is C12H26N2O. The predicted molar refractivity (Wildman–Crippen MR) is 63.9 cm³/mol. The predicted octanol–water partition coefficient (Wildman–Crippen LogP) is 1.47. The molecule has 1 heterocycles. The van der Waals surface area contributed by atoms with E-state index in [0.29, 0.717) is 18.0 Å². The molecule has 0 aliphatic carbocycles. The van der Waals surface area contributed by atoms with E-state index >= 15 is 0 Å². The molecule has 0 saturated carbocycles. The van der Waals surface area contributed by atoms with Gasteiger partial charge < -0.3 is 15.4 Å². The summed E-state index contributed by atoms with van der Waals surface area (Å²) in [4.78, 5) is 2.42. The normalized spacial score (nSPS) is 29.4. The maximum absolute atomic E-state index is 6.09. The number of hydrogen-bond acceptors (Lipinski definition) is 3. The molecule has 0 radical (unpaired) electrons. The highest BCUT2D eigenvalue weighted by atomic mass is 16.5. The Labute approximate surface area is 94.0 Å². The Kier molecular flexibility index (Phi) is 5.58. The molecule has 15 heavy (non-hydrogen) atoms. The molecule has 0 aromatic rings. The maximum atomic E-state index is 6.09. The standard InChI is InChI=1S/C12H26N2O/c1-4-5-10(2)14(3)8-11-9-15-7-6-12(11)13/h10-12H,4-9,13H2,1-3H3. The van der Waals surface area contributed by atoms with Crippen molar-refractivity contribution < 1.29 is 4.74 Å². The Morgan fingerprint density at radius 3 is 2.87 bits per heavy atom. The second-order valence-corrected chi connectivity index (χ2v) is 4.86. The topological polar surface area (TPSA) is 38.5 Å². The Hall–Kier alpha value is -0.120. The van der Waals surface area contributed by atoms with Crippen molar-refractivity contribution >= 4 is 0 Å². The minimum absolute atomic E-state index is 0.329. The van der Waals surface area contributed by atoms with Crippen LogP contribution in [0, 0.1) is 5.92 Å². The quantitative estimate of drug-likeness (QED) is 0.753. The van der Waals surface area contributed by atoms with Gasteiger partial charge in [-0.25, -0.2) is 0 Å². The minimum Gasteiger partial charge on any atom is -0.381 e. The van der Waals surface area contributed by atoms with Crippen LogP contribution in [-0.4, -0.2) is 43.8 Å². The molecule has 90 valence electrons. The van der Waals surface area contributed by atoms with E-state index < -0.39 is 0 Å². The summed E-state index contributed by atoms with van der Waals surface area (Å²) in [6.45, 7) is 7.27. The Bertz CT molecular complexity index is 175. The molecule has 2 N–H and O–H groups in total. The molecule has 1 fully saturated rings. The molecule has 0 amide bonds. The second kappa shape index (κ2) is 6.46. The lowest BCUT2D eigenvalue weighted by Crippen LogP contribution is -2.46. The highest BCUT2D eigenvalue weighted by molar-refractivity contribution is 4.79. The number of ether oxygens (including phenoxy) is 1. The summed E-state index contributed by atoms with van der Waals surface area (Å²) in [5.41, 5.74) is 6.09. The molecule has 1 aliphatic heterocycles. The van der Waals surface area contributed by atoms with E-state index in [2.05, 4.69) is 25.8 Å². The van der Waals surface area contributed by atoms with Crippen LogP contribution in [0.5, 0.6) is 0 Å². The zero-order chi connectivity index (χ0) is 11.3. The molecule has 3 unspecified atom stereocenters. The first-order valence-electron chi connectivity index (χ1n) is 6.18. The zero-order valence-electron chi connectivity index (χ0n) is 10.4. The van der Waals surface area contributed by atoms with E-state index in [-0.39, 0.29) is 0 Å². The third-order valence-corrected chi connectivity index (χ3v) is 3.51. The number of rotatable bonds is 5. The van der Waals surface area contributed by atoms with Gasteiger partial charge in [0.15, 0.2) is 0 Å². The van der Waals surface area contributed by atoms with E-state index in [4.69, 9.17) is 10.5 Å². The average molecular weight is 214 g/mol. The summed E-state index contributed by atoms with van der Waals surface area (Å²) < 4.78 is 5.49. The molecule has 0 bridgehead atoms.